The number of ether oxygens (including phenoxy) is 2. The van der Waals surface area contributed by atoms with Crippen molar-refractivity contribution >= 4 is 17.8 Å². The summed E-state index contributed by atoms with van der Waals surface area (Å²) in [5.41, 5.74) is -0.745. The van der Waals surface area contributed by atoms with E-state index >= 15 is 0 Å². The topological polar surface area (TPSA) is 122 Å². The Bertz CT molecular complexity index is 587. The van der Waals surface area contributed by atoms with Crippen molar-refractivity contribution < 1.29 is 34.1 Å². The average molecular weight is 397 g/mol. The number of carbonyl (C=O) groups is 3. The van der Waals surface area contributed by atoms with E-state index in [-0.39, 0.29) is 36.7 Å². The number of aliphatic carboxylic acids is 2. The number of carbonyl (C=O) groups excluding carboxylic acids is 1. The third kappa shape index (κ3) is 6.04. The molecule has 2 saturated carbocycles. The summed E-state index contributed by atoms with van der Waals surface area (Å²) in [4.78, 5) is 35.8. The predicted molar refractivity (Wildman–Crippen MR) is 101 cm³/mol. The fourth-order valence-electron chi connectivity index (χ4n) is 4.08. The first-order valence-electron chi connectivity index (χ1n) is 9.93. The van der Waals surface area contributed by atoms with Crippen molar-refractivity contribution in [2.24, 2.45) is 11.3 Å². The average Bonchev–Trinajstić information content (AvgIpc) is 3.14. The van der Waals surface area contributed by atoms with Gasteiger partial charge in [-0.1, -0.05) is 18.9 Å². The molecule has 1 amide bonds. The van der Waals surface area contributed by atoms with Crippen LogP contribution in [0.4, 0.5) is 0 Å². The Morgan fingerprint density at radius 3 is 2.25 bits per heavy atom. The van der Waals surface area contributed by atoms with E-state index in [2.05, 4.69) is 5.32 Å². The summed E-state index contributed by atoms with van der Waals surface area (Å²) in [5.74, 6) is -2.35. The van der Waals surface area contributed by atoms with Gasteiger partial charge in [-0.05, 0) is 38.5 Å². The maximum Gasteiger partial charge on any atom is 0.333 e. The number of rotatable bonds is 10. The molecule has 0 aromatic carbocycles. The standard InChI is InChI=1S/C20H31NO7/c1-27-10-11-28-13-15(18(24)25)12-20(8-2-3-9-20)19(26)21-16-6-4-14(5-7-16)17(22)23/h12,14,16H,2-11,13H2,1H3,(H,21,26)(H,22,23)(H,24,25)/t14-,16+. The predicted octanol–water partition coefficient (Wildman–Crippen LogP) is 1.98. The summed E-state index contributed by atoms with van der Waals surface area (Å²) in [5, 5.41) is 21.7. The molecule has 0 aliphatic heterocycles. The third-order valence-corrected chi connectivity index (χ3v) is 5.77. The van der Waals surface area contributed by atoms with E-state index in [0.717, 1.165) is 12.8 Å². The van der Waals surface area contributed by atoms with E-state index in [1.807, 2.05) is 0 Å². The highest BCUT2D eigenvalue weighted by atomic mass is 16.5. The Hall–Kier alpha value is -1.93. The summed E-state index contributed by atoms with van der Waals surface area (Å²) in [6.07, 6.45) is 6.90. The summed E-state index contributed by atoms with van der Waals surface area (Å²) in [7, 11) is 1.54. The van der Waals surface area contributed by atoms with Crippen LogP contribution >= 0.6 is 0 Å². The van der Waals surface area contributed by atoms with Gasteiger partial charge in [-0.3, -0.25) is 9.59 Å². The Morgan fingerprint density at radius 1 is 1.07 bits per heavy atom. The molecule has 2 rings (SSSR count). The first-order chi connectivity index (χ1) is 13.4. The van der Waals surface area contributed by atoms with Gasteiger partial charge in [0, 0.05) is 13.2 Å². The summed E-state index contributed by atoms with van der Waals surface area (Å²) < 4.78 is 10.2. The van der Waals surface area contributed by atoms with Crippen LogP contribution < -0.4 is 5.32 Å². The fraction of sp³-hybridized carbons (Fsp3) is 0.750. The number of carboxylic acids is 2. The zero-order chi connectivity index (χ0) is 20.6. The SMILES string of the molecule is COCCOCC(=CC1(C(=O)N[C@H]2CC[C@@H](C(=O)O)CC2)CCCC1)C(=O)O. The molecule has 8 heteroatoms. The summed E-state index contributed by atoms with van der Waals surface area (Å²) in [6.45, 7) is 0.585. The fourth-order valence-corrected chi connectivity index (χ4v) is 4.08. The molecule has 3 N–H and O–H groups in total. The Kier molecular flexibility index (Phi) is 8.44. The van der Waals surface area contributed by atoms with E-state index < -0.39 is 17.4 Å². The van der Waals surface area contributed by atoms with Crippen LogP contribution in [0.25, 0.3) is 0 Å². The van der Waals surface area contributed by atoms with Gasteiger partial charge in [-0.15, -0.1) is 0 Å². The Balaban J connectivity index is 2.03. The van der Waals surface area contributed by atoms with Gasteiger partial charge < -0.3 is 25.0 Å². The third-order valence-electron chi connectivity index (χ3n) is 5.77. The normalized spacial score (nSPS) is 24.7. The molecule has 0 unspecified atom stereocenters. The Labute approximate surface area is 165 Å². The van der Waals surface area contributed by atoms with Crippen molar-refractivity contribution in [3.8, 4) is 0 Å². The van der Waals surface area contributed by atoms with Crippen molar-refractivity contribution in [1.82, 2.24) is 5.32 Å². The highest BCUT2D eigenvalue weighted by molar-refractivity contribution is 5.91. The molecule has 2 aliphatic rings. The molecule has 0 saturated heterocycles. The van der Waals surface area contributed by atoms with Gasteiger partial charge in [-0.25, -0.2) is 4.79 Å². The molecule has 0 atom stereocenters. The second-order valence-corrected chi connectivity index (χ2v) is 7.74. The van der Waals surface area contributed by atoms with Crippen LogP contribution in [-0.2, 0) is 23.9 Å². The second kappa shape index (κ2) is 10.6. The molecule has 0 spiro atoms. The molecular weight excluding hydrogens is 366 g/mol. The number of amides is 1. The van der Waals surface area contributed by atoms with Gasteiger partial charge in [0.15, 0.2) is 0 Å². The van der Waals surface area contributed by atoms with Crippen LogP contribution in [0.2, 0.25) is 0 Å². The molecule has 0 aromatic rings. The van der Waals surface area contributed by atoms with Gasteiger partial charge >= 0.3 is 11.9 Å². The Morgan fingerprint density at radius 2 is 1.71 bits per heavy atom. The van der Waals surface area contributed by atoms with Crippen molar-refractivity contribution in [1.29, 1.82) is 0 Å². The van der Waals surface area contributed by atoms with E-state index in [9.17, 15) is 19.5 Å². The van der Waals surface area contributed by atoms with Crippen LogP contribution in [0.1, 0.15) is 51.4 Å². The van der Waals surface area contributed by atoms with Crippen molar-refractivity contribution in [3.05, 3.63) is 11.6 Å². The maximum absolute atomic E-state index is 13.1. The van der Waals surface area contributed by atoms with Gasteiger partial charge in [0.2, 0.25) is 5.91 Å². The molecule has 0 aromatic heterocycles. The van der Waals surface area contributed by atoms with Crippen LogP contribution in [0.3, 0.4) is 0 Å². The molecule has 0 radical (unpaired) electrons. The largest absolute Gasteiger partial charge is 0.481 e. The van der Waals surface area contributed by atoms with E-state index in [1.54, 1.807) is 13.2 Å². The van der Waals surface area contributed by atoms with Gasteiger partial charge in [0.05, 0.1) is 36.7 Å². The summed E-state index contributed by atoms with van der Waals surface area (Å²) >= 11 is 0. The lowest BCUT2D eigenvalue weighted by molar-refractivity contribution is -0.143. The summed E-state index contributed by atoms with van der Waals surface area (Å²) in [6, 6.07) is -0.0554. The minimum atomic E-state index is -1.08. The number of hydrogen-bond acceptors (Lipinski definition) is 5. The monoisotopic (exact) mass is 397 g/mol. The maximum atomic E-state index is 13.1. The van der Waals surface area contributed by atoms with Crippen LogP contribution in [0.5, 0.6) is 0 Å². The van der Waals surface area contributed by atoms with Gasteiger partial charge in [0.1, 0.15) is 0 Å². The van der Waals surface area contributed by atoms with Crippen molar-refractivity contribution in [2.75, 3.05) is 26.9 Å². The number of hydrogen-bond donors (Lipinski definition) is 3. The minimum Gasteiger partial charge on any atom is -0.481 e. The first kappa shape index (κ1) is 22.4. The van der Waals surface area contributed by atoms with Crippen LogP contribution in [0.15, 0.2) is 11.6 Å². The molecule has 28 heavy (non-hydrogen) atoms. The molecular formula is C20H31NO7. The first-order valence-corrected chi connectivity index (χ1v) is 9.93. The number of nitrogens with one attached hydrogen (secondary N) is 1. The zero-order valence-corrected chi connectivity index (χ0v) is 16.4. The van der Waals surface area contributed by atoms with E-state index in [1.165, 1.54) is 0 Å². The highest BCUT2D eigenvalue weighted by Gasteiger charge is 2.41. The van der Waals surface area contributed by atoms with Gasteiger partial charge in [0.25, 0.3) is 0 Å². The molecule has 158 valence electrons. The van der Waals surface area contributed by atoms with Crippen LogP contribution in [0, 0.1) is 11.3 Å². The van der Waals surface area contributed by atoms with Gasteiger partial charge in [-0.2, -0.15) is 0 Å². The zero-order valence-electron chi connectivity index (χ0n) is 16.4. The molecule has 2 aliphatic carbocycles. The minimum absolute atomic E-state index is 0.0554. The number of methoxy groups -OCH3 is 1. The van der Waals surface area contributed by atoms with Crippen molar-refractivity contribution in [2.45, 2.75) is 57.4 Å². The van der Waals surface area contributed by atoms with Crippen LogP contribution in [-0.4, -0.2) is 61.0 Å². The van der Waals surface area contributed by atoms with E-state index in [0.29, 0.717) is 45.1 Å². The molecule has 2 fully saturated rings. The lowest BCUT2D eigenvalue weighted by Gasteiger charge is -2.31. The van der Waals surface area contributed by atoms with E-state index in [4.69, 9.17) is 14.6 Å². The molecule has 8 nitrogen and oxygen atoms in total. The quantitative estimate of drug-likeness (QED) is 0.380. The smallest absolute Gasteiger partial charge is 0.333 e. The lowest BCUT2D eigenvalue weighted by atomic mass is 9.81. The lowest BCUT2D eigenvalue weighted by Crippen LogP contribution is -2.45. The molecule has 0 bridgehead atoms. The van der Waals surface area contributed by atoms with Crippen molar-refractivity contribution in [3.63, 3.8) is 0 Å². The second-order valence-electron chi connectivity index (χ2n) is 7.74. The molecule has 0 heterocycles. The highest BCUT2D eigenvalue weighted by Crippen LogP contribution is 2.41. The number of carboxylic acid groups (broad SMARTS) is 2.